The van der Waals surface area contributed by atoms with E-state index in [9.17, 15) is 10.2 Å². The molecule has 2 N–H and O–H groups in total. The molecule has 6 aromatic carbocycles. The molecule has 11 rings (SSSR count). The summed E-state index contributed by atoms with van der Waals surface area (Å²) in [6.45, 7) is 5.31. The summed E-state index contributed by atoms with van der Waals surface area (Å²) in [5, 5.41) is 31.6. The zero-order valence-electron chi connectivity index (χ0n) is 39.2. The number of fused-ring (bicyclic) bond motifs is 6. The van der Waals surface area contributed by atoms with Gasteiger partial charge in [-0.3, -0.25) is 0 Å². The number of hydrogen-bond donors (Lipinski definition) is 2. The normalized spacial score (nSPS) is 16.1. The van der Waals surface area contributed by atoms with Crippen molar-refractivity contribution < 1.29 is 45.9 Å². The van der Waals surface area contributed by atoms with Gasteiger partial charge in [-0.15, -0.1) is 0 Å². The van der Waals surface area contributed by atoms with Crippen molar-refractivity contribution in [3.8, 4) is 56.6 Å². The number of phenolic OH excluding ortho intramolecular Hbond substituents is 2. The van der Waals surface area contributed by atoms with Crippen LogP contribution in [0.3, 0.4) is 0 Å². The first kappa shape index (κ1) is 47.5. The average Bonchev–Trinajstić information content (AvgIpc) is 3.85. The van der Waals surface area contributed by atoms with Crippen LogP contribution in [0.4, 0.5) is 0 Å². The summed E-state index contributed by atoms with van der Waals surface area (Å²) in [6.07, 6.45) is 17.7. The Morgan fingerprint density at radius 1 is 0.493 bits per heavy atom. The van der Waals surface area contributed by atoms with Crippen molar-refractivity contribution in [3.63, 3.8) is 0 Å². The first-order valence-electron chi connectivity index (χ1n) is 23.1. The second-order valence-electron chi connectivity index (χ2n) is 18.1. The van der Waals surface area contributed by atoms with Gasteiger partial charge in [-0.2, -0.15) is 0 Å². The van der Waals surface area contributed by atoms with Gasteiger partial charge in [0.2, 0.25) is 0 Å². The number of para-hydroxylation sites is 4. The van der Waals surface area contributed by atoms with E-state index in [1.54, 1.807) is 0 Å². The minimum atomic E-state index is 0. The third kappa shape index (κ3) is 8.61. The van der Waals surface area contributed by atoms with Gasteiger partial charge in [-0.1, -0.05) is 110 Å². The van der Waals surface area contributed by atoms with Crippen LogP contribution in [-0.2, 0) is 26.2 Å². The molecule has 6 nitrogen and oxygen atoms in total. The minimum Gasteiger partial charge on any atom is -0.505 e. The standard InChI is InChI=1S/C58H54N2O4.2CH3.Zr/c1-37-31-47(57(61)53(33-37)59-49-25-11-5-19-41(49)42-20-6-12-26-50(42)59)45-23-9-15-29-55(45)63-35-39-17-3-4-18-40(39)36-64-56-30-16-10-24-46(56)48-32-38(2)34-54(58(48)62)60-51-27-13-7-21-43(51)44-22-8-14-28-52(44)60;;;/h5,7,9-11,13,15-16,19-34,39-40,61-62H,3-4,6,8,12,14,17-18,35-36H2,1-2H3;2*1H3;/q;2*-1;+2. The molecule has 2 atom stereocenters. The molecule has 338 valence electrons. The molecule has 2 heterocycles. The Kier molecular flexibility index (Phi) is 14.2. The maximum absolute atomic E-state index is 12.2. The number of benzene rings is 6. The van der Waals surface area contributed by atoms with E-state index in [2.05, 4.69) is 132 Å². The van der Waals surface area contributed by atoms with Crippen LogP contribution in [0.1, 0.15) is 62.5 Å². The number of aromatic hydroxyl groups is 2. The number of phenols is 2. The summed E-state index contributed by atoms with van der Waals surface area (Å²) in [5.74, 6) is 2.61. The fraction of sp³-hybridized carbons (Fsp3) is 0.233. The molecule has 2 unspecified atom stereocenters. The molecule has 1 saturated carbocycles. The van der Waals surface area contributed by atoms with Gasteiger partial charge < -0.3 is 43.7 Å². The SMILES string of the molecule is Cc1cc(-c2ccccc2OCC2CCCCC2COc2ccccc2-c2cc(C)cc(-n3c4c(c5ccccc53)=CCCC=4)c2O)c(O)c(-n2c3c(c4ccccc42)=CCCC=3)c1.[CH3-].[CH3-].[Zr+2]. The van der Waals surface area contributed by atoms with E-state index >= 15 is 0 Å². The van der Waals surface area contributed by atoms with Gasteiger partial charge in [0.1, 0.15) is 23.0 Å². The molecule has 2 aromatic heterocycles. The topological polar surface area (TPSA) is 68.8 Å². The number of hydrogen-bond acceptors (Lipinski definition) is 4. The molecule has 67 heavy (non-hydrogen) atoms. The number of nitrogens with zero attached hydrogens (tertiary/aromatic N) is 2. The average molecular weight is 964 g/mol. The maximum atomic E-state index is 12.2. The summed E-state index contributed by atoms with van der Waals surface area (Å²) in [6, 6.07) is 41.6. The molecule has 0 saturated heterocycles. The van der Waals surface area contributed by atoms with Gasteiger partial charge in [0.15, 0.2) is 0 Å². The summed E-state index contributed by atoms with van der Waals surface area (Å²) in [7, 11) is 0. The molecule has 0 bridgehead atoms. The van der Waals surface area contributed by atoms with Crippen molar-refractivity contribution in [1.82, 2.24) is 9.13 Å². The van der Waals surface area contributed by atoms with Crippen molar-refractivity contribution in [2.75, 3.05) is 13.2 Å². The van der Waals surface area contributed by atoms with Crippen molar-refractivity contribution in [3.05, 3.63) is 168 Å². The third-order valence-corrected chi connectivity index (χ3v) is 13.9. The van der Waals surface area contributed by atoms with Gasteiger partial charge in [-0.05, 0) is 124 Å². The summed E-state index contributed by atoms with van der Waals surface area (Å²) in [5.41, 5.74) is 9.17. The number of aromatic nitrogens is 2. The quantitative estimate of drug-likeness (QED) is 0.134. The fourth-order valence-corrected chi connectivity index (χ4v) is 10.8. The zero-order valence-corrected chi connectivity index (χ0v) is 41.6. The predicted molar refractivity (Wildman–Crippen MR) is 274 cm³/mol. The minimum absolute atomic E-state index is 0. The van der Waals surface area contributed by atoms with E-state index in [1.807, 2.05) is 36.4 Å². The van der Waals surface area contributed by atoms with Crippen LogP contribution in [0.25, 0.3) is 79.7 Å². The Labute approximate surface area is 414 Å². The largest absolute Gasteiger partial charge is 2.00 e. The van der Waals surface area contributed by atoms with Gasteiger partial charge >= 0.3 is 26.2 Å². The van der Waals surface area contributed by atoms with Crippen molar-refractivity contribution in [2.24, 2.45) is 11.8 Å². The van der Waals surface area contributed by atoms with E-state index in [-0.39, 0.29) is 52.6 Å². The van der Waals surface area contributed by atoms with Crippen LogP contribution in [0.5, 0.6) is 23.0 Å². The molecular weight excluding hydrogens is 904 g/mol. The molecule has 1 fully saturated rings. The molecule has 7 heteroatoms. The molecule has 8 aromatic rings. The number of aryl methyl sites for hydroxylation is 2. The Hall–Kier alpha value is -6.04. The Bertz CT molecular complexity index is 3150. The van der Waals surface area contributed by atoms with Crippen LogP contribution in [0.2, 0.25) is 0 Å². The van der Waals surface area contributed by atoms with E-state index in [4.69, 9.17) is 9.47 Å². The van der Waals surface area contributed by atoms with Crippen molar-refractivity contribution >= 4 is 46.1 Å². The summed E-state index contributed by atoms with van der Waals surface area (Å²) >= 11 is 0. The van der Waals surface area contributed by atoms with Gasteiger partial charge in [0.05, 0.1) is 35.6 Å². The molecule has 3 aliphatic carbocycles. The molecule has 0 radical (unpaired) electrons. The first-order chi connectivity index (χ1) is 31.4. The first-order valence-corrected chi connectivity index (χ1v) is 23.1. The second-order valence-corrected chi connectivity index (χ2v) is 18.1. The van der Waals surface area contributed by atoms with E-state index in [0.717, 1.165) is 129 Å². The molecule has 0 amide bonds. The van der Waals surface area contributed by atoms with Crippen molar-refractivity contribution in [2.45, 2.75) is 65.2 Å². The Morgan fingerprint density at radius 3 is 1.33 bits per heavy atom. The summed E-state index contributed by atoms with van der Waals surface area (Å²) < 4.78 is 18.1. The van der Waals surface area contributed by atoms with Gasteiger partial charge in [0.25, 0.3) is 0 Å². The maximum Gasteiger partial charge on any atom is 2.00 e. The van der Waals surface area contributed by atoms with Crippen molar-refractivity contribution in [1.29, 1.82) is 0 Å². The monoisotopic (exact) mass is 962 g/mol. The van der Waals surface area contributed by atoms with E-state index in [1.165, 1.54) is 21.2 Å². The number of rotatable bonds is 10. The smallest absolute Gasteiger partial charge is 0.505 e. The van der Waals surface area contributed by atoms with Gasteiger partial charge in [0, 0.05) is 54.2 Å². The Morgan fingerprint density at radius 2 is 0.881 bits per heavy atom. The second kappa shape index (κ2) is 20.1. The van der Waals surface area contributed by atoms with Gasteiger partial charge in [-0.25, -0.2) is 0 Å². The van der Waals surface area contributed by atoms with E-state index in [0.29, 0.717) is 25.0 Å². The van der Waals surface area contributed by atoms with Crippen LogP contribution in [0.15, 0.2) is 121 Å². The van der Waals surface area contributed by atoms with Crippen LogP contribution in [-0.4, -0.2) is 32.6 Å². The van der Waals surface area contributed by atoms with Crippen LogP contribution < -0.4 is 30.6 Å². The van der Waals surface area contributed by atoms with E-state index < -0.39 is 0 Å². The molecular formula is C60H60N2O4Zr. The van der Waals surface area contributed by atoms with Crippen LogP contribution in [0, 0.1) is 40.5 Å². The Balaban J connectivity index is 0.00000203. The fourth-order valence-electron chi connectivity index (χ4n) is 10.8. The number of ether oxygens (including phenoxy) is 2. The predicted octanol–water partition coefficient (Wildman–Crippen LogP) is 11.8. The van der Waals surface area contributed by atoms with Crippen LogP contribution >= 0.6 is 0 Å². The third-order valence-electron chi connectivity index (χ3n) is 13.9. The zero-order chi connectivity index (χ0) is 43.3. The molecule has 0 spiro atoms. The summed E-state index contributed by atoms with van der Waals surface area (Å²) in [4.78, 5) is 0. The molecule has 0 aliphatic heterocycles. The molecule has 3 aliphatic rings.